The Balaban J connectivity index is 0.000000852. The number of aryl methyl sites for hydroxylation is 1. The van der Waals surface area contributed by atoms with Crippen LogP contribution in [-0.4, -0.2) is 47.2 Å². The first-order chi connectivity index (χ1) is 15.6. The first kappa shape index (κ1) is 29.7. The topological polar surface area (TPSA) is 76.6 Å². The first-order valence-electron chi connectivity index (χ1n) is 11.6. The molecule has 0 saturated carbocycles. The number of amides is 1. The number of nitrogens with zero attached hydrogens (tertiary/aromatic N) is 3. The van der Waals surface area contributed by atoms with Gasteiger partial charge < -0.3 is 15.0 Å². The molecule has 1 fully saturated rings. The Labute approximate surface area is 201 Å². The minimum absolute atomic E-state index is 0.0939. The number of anilines is 1. The van der Waals surface area contributed by atoms with Gasteiger partial charge in [-0.3, -0.25) is 4.74 Å². The molecule has 34 heavy (non-hydrogen) atoms. The van der Waals surface area contributed by atoms with Crippen LogP contribution < -0.4 is 10.2 Å². The number of ether oxygens (including phenoxy) is 2. The van der Waals surface area contributed by atoms with Crippen molar-refractivity contribution in [3.05, 3.63) is 28.7 Å². The molecule has 0 bridgehead atoms. The third-order valence-corrected chi connectivity index (χ3v) is 5.29. The zero-order chi connectivity index (χ0) is 26.1. The Kier molecular flexibility index (Phi) is 11.3. The molecule has 1 aliphatic heterocycles. The van der Waals surface area contributed by atoms with Gasteiger partial charge in [-0.1, -0.05) is 18.6 Å². The molecule has 1 aromatic rings. The highest BCUT2D eigenvalue weighted by molar-refractivity contribution is 5.67. The van der Waals surface area contributed by atoms with E-state index in [0.717, 1.165) is 11.3 Å². The Morgan fingerprint density at radius 1 is 1.18 bits per heavy atom. The number of hydrogen-bond donors (Lipinski definition) is 1. The Morgan fingerprint density at radius 3 is 2.21 bits per heavy atom. The van der Waals surface area contributed by atoms with Crippen molar-refractivity contribution in [2.45, 2.75) is 99.3 Å². The summed E-state index contributed by atoms with van der Waals surface area (Å²) in [6, 6.07) is 0. The minimum atomic E-state index is -4.62. The summed E-state index contributed by atoms with van der Waals surface area (Å²) >= 11 is 0. The van der Waals surface area contributed by atoms with Crippen molar-refractivity contribution in [2.24, 2.45) is 0 Å². The number of rotatable bonds is 5. The first-order valence-corrected chi connectivity index (χ1v) is 11.6. The van der Waals surface area contributed by atoms with Gasteiger partial charge >= 0.3 is 12.5 Å². The quantitative estimate of drug-likeness (QED) is 0.514. The van der Waals surface area contributed by atoms with Crippen LogP contribution in [0.3, 0.4) is 0 Å². The van der Waals surface area contributed by atoms with Crippen LogP contribution in [0.4, 0.5) is 23.8 Å². The maximum atomic E-state index is 12.4. The summed E-state index contributed by atoms with van der Waals surface area (Å²) in [5.74, 6) is 1.08. The van der Waals surface area contributed by atoms with Gasteiger partial charge in [0.15, 0.2) is 0 Å². The summed E-state index contributed by atoms with van der Waals surface area (Å²) in [4.78, 5) is 22.6. The molecule has 0 aromatic carbocycles. The fourth-order valence-electron chi connectivity index (χ4n) is 3.10. The molecule has 0 aliphatic carbocycles. The van der Waals surface area contributed by atoms with E-state index in [9.17, 15) is 18.0 Å². The highest BCUT2D eigenvalue weighted by Crippen LogP contribution is 2.28. The van der Waals surface area contributed by atoms with Gasteiger partial charge in [0.05, 0.1) is 12.6 Å². The summed E-state index contributed by atoms with van der Waals surface area (Å²) in [5.41, 5.74) is 2.47. The van der Waals surface area contributed by atoms with Gasteiger partial charge in [0, 0.05) is 24.3 Å². The number of alkyl carbamates (subject to hydrolysis) is 1. The molecule has 1 amide bonds. The molecular formula is C24H39F3N4O3. The standard InChI is InChI=1S/C18H27F3N4O3.C6H12/c1-11-12(2)23-14(10-22-16(26)28-17(3,4)5)24-15(11)25-8-6-13(7-9-25)27-18(19,20)21;1-4-6(3)5-2/h13H,6-10H2,1-5H3,(H,22,26);4H,5H2,1-3H3/b;6-4+. The minimum Gasteiger partial charge on any atom is -0.444 e. The smallest absolute Gasteiger partial charge is 0.444 e. The van der Waals surface area contributed by atoms with Crippen LogP contribution in [0.5, 0.6) is 0 Å². The average molecular weight is 489 g/mol. The van der Waals surface area contributed by atoms with Gasteiger partial charge in [-0.15, -0.1) is 13.2 Å². The number of allylic oxidation sites excluding steroid dienone is 2. The summed E-state index contributed by atoms with van der Waals surface area (Å²) in [7, 11) is 0. The van der Waals surface area contributed by atoms with Crippen LogP contribution in [0.25, 0.3) is 0 Å². The summed E-state index contributed by atoms with van der Waals surface area (Å²) < 4.78 is 46.5. The fourth-order valence-corrected chi connectivity index (χ4v) is 3.10. The van der Waals surface area contributed by atoms with Crippen molar-refractivity contribution in [3.8, 4) is 0 Å². The number of aromatic nitrogens is 2. The third-order valence-electron chi connectivity index (χ3n) is 5.29. The highest BCUT2D eigenvalue weighted by atomic mass is 19.4. The second kappa shape index (κ2) is 12.9. The molecule has 0 unspecified atom stereocenters. The number of hydrogen-bond acceptors (Lipinski definition) is 6. The zero-order valence-corrected chi connectivity index (χ0v) is 21.6. The molecule has 0 radical (unpaired) electrons. The second-order valence-electron chi connectivity index (χ2n) is 9.27. The molecule has 2 rings (SSSR count). The molecule has 7 nitrogen and oxygen atoms in total. The normalized spacial score (nSPS) is 15.5. The van der Waals surface area contributed by atoms with Gasteiger partial charge in [-0.2, -0.15) is 0 Å². The number of piperidine rings is 1. The van der Waals surface area contributed by atoms with Crippen LogP contribution in [0.15, 0.2) is 11.6 Å². The van der Waals surface area contributed by atoms with E-state index in [-0.39, 0.29) is 19.4 Å². The predicted octanol–water partition coefficient (Wildman–Crippen LogP) is 5.99. The van der Waals surface area contributed by atoms with E-state index in [2.05, 4.69) is 46.9 Å². The van der Waals surface area contributed by atoms with Gasteiger partial charge in [-0.05, 0) is 67.7 Å². The number of halogens is 3. The van der Waals surface area contributed by atoms with Gasteiger partial charge in [-0.25, -0.2) is 14.8 Å². The molecule has 1 aliphatic rings. The van der Waals surface area contributed by atoms with Crippen molar-refractivity contribution < 1.29 is 27.4 Å². The van der Waals surface area contributed by atoms with Crippen molar-refractivity contribution in [3.63, 3.8) is 0 Å². The Hall–Kier alpha value is -2.36. The second-order valence-corrected chi connectivity index (χ2v) is 9.27. The average Bonchev–Trinajstić information content (AvgIpc) is 2.72. The van der Waals surface area contributed by atoms with E-state index in [1.807, 2.05) is 18.7 Å². The van der Waals surface area contributed by atoms with Crippen LogP contribution in [0, 0.1) is 13.8 Å². The Bertz CT molecular complexity index is 828. The van der Waals surface area contributed by atoms with Gasteiger partial charge in [0.1, 0.15) is 17.2 Å². The lowest BCUT2D eigenvalue weighted by molar-refractivity contribution is -0.344. The monoisotopic (exact) mass is 488 g/mol. The van der Waals surface area contributed by atoms with Gasteiger partial charge in [0.2, 0.25) is 0 Å². The SMILES string of the molecule is C/C=C(\C)CC.Cc1nc(CNC(=O)OC(C)(C)C)nc(N2CCC(OC(F)(F)F)CC2)c1C. The molecular weight excluding hydrogens is 449 g/mol. The van der Waals surface area contributed by atoms with Crippen LogP contribution in [0.1, 0.15) is 77.9 Å². The molecule has 1 aromatic heterocycles. The maximum absolute atomic E-state index is 12.4. The van der Waals surface area contributed by atoms with E-state index in [4.69, 9.17) is 4.74 Å². The van der Waals surface area contributed by atoms with E-state index in [0.29, 0.717) is 24.7 Å². The maximum Gasteiger partial charge on any atom is 0.522 e. The lowest BCUT2D eigenvalue weighted by atomic mass is 10.1. The third kappa shape index (κ3) is 11.2. The van der Waals surface area contributed by atoms with Crippen molar-refractivity contribution in [1.82, 2.24) is 15.3 Å². The van der Waals surface area contributed by atoms with Gasteiger partial charge in [0.25, 0.3) is 0 Å². The molecule has 1 N–H and O–H groups in total. The fraction of sp³-hybridized carbons (Fsp3) is 0.708. The lowest BCUT2D eigenvalue weighted by Gasteiger charge is -2.34. The van der Waals surface area contributed by atoms with E-state index >= 15 is 0 Å². The summed E-state index contributed by atoms with van der Waals surface area (Å²) in [5, 5.41) is 2.62. The van der Waals surface area contributed by atoms with Crippen LogP contribution in [-0.2, 0) is 16.0 Å². The molecule has 1 saturated heterocycles. The molecule has 2 heterocycles. The largest absolute Gasteiger partial charge is 0.522 e. The Morgan fingerprint density at radius 2 is 1.76 bits per heavy atom. The number of nitrogens with one attached hydrogen (secondary N) is 1. The van der Waals surface area contributed by atoms with E-state index < -0.39 is 24.2 Å². The summed E-state index contributed by atoms with van der Waals surface area (Å²) in [6.07, 6.45) is -2.18. The zero-order valence-electron chi connectivity index (χ0n) is 21.6. The highest BCUT2D eigenvalue weighted by Gasteiger charge is 2.35. The number of carbonyl (C=O) groups is 1. The number of alkyl halides is 3. The van der Waals surface area contributed by atoms with E-state index in [1.165, 1.54) is 12.0 Å². The van der Waals surface area contributed by atoms with Crippen molar-refractivity contribution >= 4 is 11.9 Å². The van der Waals surface area contributed by atoms with Crippen LogP contribution in [0.2, 0.25) is 0 Å². The van der Waals surface area contributed by atoms with Crippen molar-refractivity contribution in [2.75, 3.05) is 18.0 Å². The number of carbonyl (C=O) groups excluding carboxylic acids is 1. The molecule has 0 spiro atoms. The predicted molar refractivity (Wildman–Crippen MR) is 127 cm³/mol. The molecule has 194 valence electrons. The van der Waals surface area contributed by atoms with Crippen LogP contribution >= 0.6 is 0 Å². The molecule has 10 heteroatoms. The molecule has 0 atom stereocenters. The lowest BCUT2D eigenvalue weighted by Crippen LogP contribution is -2.40. The van der Waals surface area contributed by atoms with Crippen molar-refractivity contribution in [1.29, 1.82) is 0 Å². The van der Waals surface area contributed by atoms with E-state index in [1.54, 1.807) is 20.8 Å². The summed E-state index contributed by atoms with van der Waals surface area (Å²) in [6.45, 7) is 16.3.